The van der Waals surface area contributed by atoms with E-state index >= 15 is 0 Å². The normalized spacial score (nSPS) is 10.7. The highest BCUT2D eigenvalue weighted by Crippen LogP contribution is 2.11. The average molecular weight is 448 g/mol. The van der Waals surface area contributed by atoms with Crippen LogP contribution in [0.1, 0.15) is 21.6 Å². The molecule has 4 aromatic rings. The molecular formula is C23H18ClN5O3. The van der Waals surface area contributed by atoms with Crippen LogP contribution in [0.4, 0.5) is 0 Å². The molecule has 0 aliphatic heterocycles. The number of nitrogens with one attached hydrogen (secondary N) is 1. The van der Waals surface area contributed by atoms with Gasteiger partial charge in [-0.3, -0.25) is 19.1 Å². The van der Waals surface area contributed by atoms with Crippen molar-refractivity contribution >= 4 is 17.5 Å². The fourth-order valence-corrected chi connectivity index (χ4v) is 3.33. The maximum atomic E-state index is 13.1. The van der Waals surface area contributed by atoms with Gasteiger partial charge in [0.15, 0.2) is 0 Å². The predicted octanol–water partition coefficient (Wildman–Crippen LogP) is 2.42. The van der Waals surface area contributed by atoms with Gasteiger partial charge in [0, 0.05) is 24.0 Å². The number of halogens is 1. The Morgan fingerprint density at radius 2 is 1.69 bits per heavy atom. The molecule has 0 saturated carbocycles. The summed E-state index contributed by atoms with van der Waals surface area (Å²) in [6, 6.07) is 18.9. The minimum absolute atomic E-state index is 0.0573. The van der Waals surface area contributed by atoms with E-state index in [1.807, 2.05) is 0 Å². The molecule has 0 spiro atoms. The van der Waals surface area contributed by atoms with E-state index in [1.54, 1.807) is 79.1 Å². The van der Waals surface area contributed by atoms with Crippen molar-refractivity contribution < 1.29 is 4.79 Å². The first kappa shape index (κ1) is 21.2. The monoisotopic (exact) mass is 447 g/mol. The number of aromatic nitrogens is 4. The summed E-state index contributed by atoms with van der Waals surface area (Å²) in [7, 11) is 0. The lowest BCUT2D eigenvalue weighted by Crippen LogP contribution is -2.46. The third-order valence-electron chi connectivity index (χ3n) is 4.71. The summed E-state index contributed by atoms with van der Waals surface area (Å²) in [5.74, 6) is -0.684. The number of pyridine rings is 1. The molecular weight excluding hydrogens is 430 g/mol. The predicted molar refractivity (Wildman–Crippen MR) is 120 cm³/mol. The van der Waals surface area contributed by atoms with Gasteiger partial charge in [0.1, 0.15) is 0 Å². The van der Waals surface area contributed by atoms with Crippen molar-refractivity contribution in [1.29, 1.82) is 0 Å². The number of hydrogen-bond acceptors (Lipinski definition) is 5. The summed E-state index contributed by atoms with van der Waals surface area (Å²) in [5, 5.41) is 7.25. The molecule has 1 amide bonds. The molecule has 0 bridgehead atoms. The summed E-state index contributed by atoms with van der Waals surface area (Å²) in [5.41, 5.74) is 0.0564. The quantitative estimate of drug-likeness (QED) is 0.489. The zero-order valence-corrected chi connectivity index (χ0v) is 17.6. The Labute approximate surface area is 187 Å². The highest BCUT2D eigenvalue weighted by molar-refractivity contribution is 6.30. The number of rotatable bonds is 6. The third kappa shape index (κ3) is 4.65. The van der Waals surface area contributed by atoms with E-state index in [2.05, 4.69) is 15.4 Å². The SMILES string of the molecule is O=C(NCc1ccncc1)c1nn(-c2ccccc2)c(=O)n(Cc2cccc(Cl)c2)c1=O. The molecule has 32 heavy (non-hydrogen) atoms. The van der Waals surface area contributed by atoms with Crippen molar-refractivity contribution in [2.45, 2.75) is 13.1 Å². The van der Waals surface area contributed by atoms with Crippen molar-refractivity contribution in [3.8, 4) is 5.69 Å². The topological polar surface area (TPSA) is 98.9 Å². The van der Waals surface area contributed by atoms with Gasteiger partial charge in [-0.15, -0.1) is 0 Å². The van der Waals surface area contributed by atoms with Crippen LogP contribution in [0.3, 0.4) is 0 Å². The Morgan fingerprint density at radius 1 is 0.938 bits per heavy atom. The summed E-state index contributed by atoms with van der Waals surface area (Å²) in [6.45, 7) is 0.124. The molecule has 2 aromatic carbocycles. The van der Waals surface area contributed by atoms with Gasteiger partial charge in [-0.25, -0.2) is 4.79 Å². The van der Waals surface area contributed by atoms with E-state index in [-0.39, 0.29) is 18.8 Å². The van der Waals surface area contributed by atoms with Gasteiger partial charge in [-0.2, -0.15) is 9.78 Å². The molecule has 0 aliphatic carbocycles. The van der Waals surface area contributed by atoms with Crippen LogP contribution in [-0.2, 0) is 13.1 Å². The number of nitrogens with zero attached hydrogens (tertiary/aromatic N) is 4. The van der Waals surface area contributed by atoms with Crippen LogP contribution < -0.4 is 16.6 Å². The van der Waals surface area contributed by atoms with Crippen LogP contribution in [-0.4, -0.2) is 25.2 Å². The number of carbonyl (C=O) groups excluding carboxylic acids is 1. The second-order valence-electron chi connectivity index (χ2n) is 6.94. The summed E-state index contributed by atoms with van der Waals surface area (Å²) >= 11 is 6.05. The molecule has 0 unspecified atom stereocenters. The van der Waals surface area contributed by atoms with Crippen LogP contribution in [0.15, 0.2) is 88.7 Å². The van der Waals surface area contributed by atoms with E-state index in [9.17, 15) is 14.4 Å². The summed E-state index contributed by atoms with van der Waals surface area (Å²) < 4.78 is 2.03. The molecule has 0 radical (unpaired) electrons. The smallest absolute Gasteiger partial charge is 0.346 e. The Bertz CT molecular complexity index is 1370. The molecule has 0 saturated heterocycles. The lowest BCUT2D eigenvalue weighted by Gasteiger charge is -2.12. The first-order chi connectivity index (χ1) is 15.5. The van der Waals surface area contributed by atoms with Crippen LogP contribution in [0.2, 0.25) is 5.02 Å². The molecule has 160 valence electrons. The summed E-state index contributed by atoms with van der Waals surface area (Å²) in [6.07, 6.45) is 3.21. The van der Waals surface area contributed by atoms with E-state index < -0.39 is 17.2 Å². The Balaban J connectivity index is 1.77. The highest BCUT2D eigenvalue weighted by Gasteiger charge is 2.20. The fourth-order valence-electron chi connectivity index (χ4n) is 3.12. The number of hydrogen-bond donors (Lipinski definition) is 1. The first-order valence-corrected chi connectivity index (χ1v) is 10.1. The molecule has 0 aliphatic rings. The minimum atomic E-state index is -0.783. The Kier molecular flexibility index (Phi) is 6.23. The second kappa shape index (κ2) is 9.40. The lowest BCUT2D eigenvalue weighted by atomic mass is 10.2. The molecule has 0 fully saturated rings. The molecule has 4 rings (SSSR count). The van der Waals surface area contributed by atoms with Gasteiger partial charge in [0.25, 0.3) is 11.5 Å². The first-order valence-electron chi connectivity index (χ1n) is 9.74. The van der Waals surface area contributed by atoms with Crippen molar-refractivity contribution in [1.82, 2.24) is 24.6 Å². The van der Waals surface area contributed by atoms with Gasteiger partial charge >= 0.3 is 5.69 Å². The Hall–Kier alpha value is -4.04. The van der Waals surface area contributed by atoms with Crippen LogP contribution >= 0.6 is 11.6 Å². The molecule has 0 atom stereocenters. The Morgan fingerprint density at radius 3 is 2.41 bits per heavy atom. The summed E-state index contributed by atoms with van der Waals surface area (Å²) in [4.78, 5) is 43.0. The lowest BCUT2D eigenvalue weighted by molar-refractivity contribution is 0.0941. The molecule has 2 heterocycles. The van der Waals surface area contributed by atoms with Crippen molar-refractivity contribution in [2.24, 2.45) is 0 Å². The van der Waals surface area contributed by atoms with Crippen LogP contribution in [0.5, 0.6) is 0 Å². The van der Waals surface area contributed by atoms with Gasteiger partial charge < -0.3 is 5.32 Å². The number of amides is 1. The third-order valence-corrected chi connectivity index (χ3v) is 4.94. The maximum absolute atomic E-state index is 13.1. The molecule has 9 heteroatoms. The van der Waals surface area contributed by atoms with Gasteiger partial charge in [0.05, 0.1) is 12.2 Å². The van der Waals surface area contributed by atoms with E-state index in [0.717, 1.165) is 14.8 Å². The maximum Gasteiger partial charge on any atom is 0.352 e. The standard InChI is InChI=1S/C23H18ClN5O3/c24-18-6-4-5-17(13-18)15-28-22(31)20(21(30)26-14-16-9-11-25-12-10-16)27-29(23(28)32)19-7-2-1-3-8-19/h1-13H,14-15H2,(H,26,30). The molecule has 2 aromatic heterocycles. The van der Waals surface area contributed by atoms with Gasteiger partial charge in [-0.05, 0) is 47.5 Å². The fraction of sp³-hybridized carbons (Fsp3) is 0.0870. The van der Waals surface area contributed by atoms with Crippen molar-refractivity contribution in [3.05, 3.63) is 122 Å². The average Bonchev–Trinajstić information content (AvgIpc) is 2.81. The molecule has 8 nitrogen and oxygen atoms in total. The second-order valence-corrected chi connectivity index (χ2v) is 7.37. The number of carbonyl (C=O) groups is 1. The molecule has 1 N–H and O–H groups in total. The number of para-hydroxylation sites is 1. The van der Waals surface area contributed by atoms with Crippen LogP contribution in [0.25, 0.3) is 5.69 Å². The van der Waals surface area contributed by atoms with Crippen molar-refractivity contribution in [3.63, 3.8) is 0 Å². The highest BCUT2D eigenvalue weighted by atomic mass is 35.5. The zero-order valence-electron chi connectivity index (χ0n) is 16.8. The van der Waals surface area contributed by atoms with Gasteiger partial charge in [-0.1, -0.05) is 41.9 Å². The minimum Gasteiger partial charge on any atom is -0.346 e. The van der Waals surface area contributed by atoms with E-state index in [4.69, 9.17) is 11.6 Å². The zero-order chi connectivity index (χ0) is 22.5. The van der Waals surface area contributed by atoms with E-state index in [0.29, 0.717) is 16.3 Å². The number of benzene rings is 2. The van der Waals surface area contributed by atoms with E-state index in [1.165, 1.54) is 0 Å². The van der Waals surface area contributed by atoms with Gasteiger partial charge in [0.2, 0.25) is 5.69 Å². The van der Waals surface area contributed by atoms with Crippen molar-refractivity contribution in [2.75, 3.05) is 0 Å². The largest absolute Gasteiger partial charge is 0.352 e. The van der Waals surface area contributed by atoms with Crippen LogP contribution in [0, 0.1) is 0 Å².